The molecule has 0 atom stereocenters. The third-order valence-corrected chi connectivity index (χ3v) is 5.00. The Balaban J connectivity index is 2.44. The van der Waals surface area contributed by atoms with E-state index in [1.807, 2.05) is 6.92 Å². The van der Waals surface area contributed by atoms with Gasteiger partial charge >= 0.3 is 0 Å². The normalized spacial score (nSPS) is 26.4. The maximum Gasteiger partial charge on any atom is 0.279 e. The van der Waals surface area contributed by atoms with Gasteiger partial charge < -0.3 is 5.11 Å². The lowest BCUT2D eigenvalue weighted by Gasteiger charge is -2.29. The van der Waals surface area contributed by atoms with Gasteiger partial charge in [-0.2, -0.15) is 17.4 Å². The molecule has 0 aliphatic heterocycles. The first-order chi connectivity index (χ1) is 7.99. The minimum absolute atomic E-state index is 0.0297. The van der Waals surface area contributed by atoms with Gasteiger partial charge in [-0.1, -0.05) is 6.92 Å². The second-order valence-electron chi connectivity index (χ2n) is 4.84. The zero-order valence-electron chi connectivity index (χ0n) is 10.7. The highest BCUT2D eigenvalue weighted by atomic mass is 32.2. The van der Waals surface area contributed by atoms with Crippen LogP contribution in [0.5, 0.6) is 0 Å². The molecule has 1 aliphatic carbocycles. The number of hydrogen-bond acceptors (Lipinski definition) is 3. The van der Waals surface area contributed by atoms with Gasteiger partial charge in [0.25, 0.3) is 10.2 Å². The van der Waals surface area contributed by atoms with Crippen molar-refractivity contribution in [3.05, 3.63) is 0 Å². The van der Waals surface area contributed by atoms with Crippen LogP contribution in [-0.4, -0.2) is 44.1 Å². The van der Waals surface area contributed by atoms with Gasteiger partial charge in [-0.3, -0.25) is 0 Å². The van der Waals surface area contributed by atoms with Gasteiger partial charge in [0, 0.05) is 26.2 Å². The predicted octanol–water partition coefficient (Wildman–Crippen LogP) is 0.714. The maximum atomic E-state index is 11.9. The van der Waals surface area contributed by atoms with Crippen LogP contribution in [0, 0.1) is 5.92 Å². The number of aliphatic hydroxyl groups is 1. The third-order valence-electron chi connectivity index (χ3n) is 3.37. The summed E-state index contributed by atoms with van der Waals surface area (Å²) in [7, 11) is -1.72. The van der Waals surface area contributed by atoms with Crippen LogP contribution in [-0.2, 0) is 10.2 Å². The molecule has 0 heterocycles. The Morgan fingerprint density at radius 1 is 1.29 bits per heavy atom. The molecule has 102 valence electrons. The van der Waals surface area contributed by atoms with Crippen LogP contribution in [0.4, 0.5) is 0 Å². The van der Waals surface area contributed by atoms with Gasteiger partial charge in [-0.05, 0) is 38.0 Å². The molecule has 0 unspecified atom stereocenters. The number of hydrogen-bond donors (Lipinski definition) is 2. The van der Waals surface area contributed by atoms with Crippen molar-refractivity contribution in [3.8, 4) is 0 Å². The molecular formula is C11H24N2O3S. The van der Waals surface area contributed by atoms with Crippen molar-refractivity contribution in [2.75, 3.05) is 20.2 Å². The quantitative estimate of drug-likeness (QED) is 0.742. The lowest BCUT2D eigenvalue weighted by Crippen LogP contribution is -2.45. The Labute approximate surface area is 104 Å². The monoisotopic (exact) mass is 264 g/mol. The Bertz CT molecular complexity index is 311. The number of rotatable bonds is 6. The summed E-state index contributed by atoms with van der Waals surface area (Å²) in [4.78, 5) is 0. The van der Waals surface area contributed by atoms with Crippen LogP contribution in [0.2, 0.25) is 0 Å². The summed E-state index contributed by atoms with van der Waals surface area (Å²) in [6.45, 7) is 2.72. The average Bonchev–Trinajstić information content (AvgIpc) is 2.30. The third kappa shape index (κ3) is 4.54. The lowest BCUT2D eigenvalue weighted by atomic mass is 9.87. The molecule has 17 heavy (non-hydrogen) atoms. The fourth-order valence-electron chi connectivity index (χ4n) is 2.20. The van der Waals surface area contributed by atoms with Gasteiger partial charge in [0.05, 0.1) is 0 Å². The summed E-state index contributed by atoms with van der Waals surface area (Å²) in [5, 5.41) is 9.02. The number of nitrogens with one attached hydrogen (secondary N) is 1. The van der Waals surface area contributed by atoms with Crippen molar-refractivity contribution in [2.24, 2.45) is 5.92 Å². The summed E-state index contributed by atoms with van der Waals surface area (Å²) in [6, 6.07) is 0.0297. The summed E-state index contributed by atoms with van der Waals surface area (Å²) in [6.07, 6.45) is 4.27. The largest absolute Gasteiger partial charge is 0.396 e. The Hall–Kier alpha value is -0.170. The molecule has 0 aromatic heterocycles. The molecule has 0 amide bonds. The fourth-order valence-corrected chi connectivity index (χ4v) is 3.46. The molecule has 0 radical (unpaired) electrons. The van der Waals surface area contributed by atoms with E-state index in [0.29, 0.717) is 12.5 Å². The molecule has 0 bridgehead atoms. The van der Waals surface area contributed by atoms with Crippen molar-refractivity contribution in [2.45, 2.75) is 45.1 Å². The van der Waals surface area contributed by atoms with Gasteiger partial charge in [0.15, 0.2) is 0 Å². The summed E-state index contributed by atoms with van der Waals surface area (Å²) in [5.74, 6) is 0.351. The van der Waals surface area contributed by atoms with E-state index in [-0.39, 0.29) is 12.6 Å². The Kier molecular flexibility index (Phi) is 5.85. The molecule has 1 rings (SSSR count). The van der Waals surface area contributed by atoms with Gasteiger partial charge in [-0.25, -0.2) is 0 Å². The average molecular weight is 264 g/mol. The van der Waals surface area contributed by atoms with E-state index in [1.54, 1.807) is 7.05 Å². The van der Waals surface area contributed by atoms with Crippen LogP contribution >= 0.6 is 0 Å². The molecule has 0 aromatic rings. The van der Waals surface area contributed by atoms with E-state index in [1.165, 1.54) is 4.31 Å². The first-order valence-electron chi connectivity index (χ1n) is 6.34. The van der Waals surface area contributed by atoms with Gasteiger partial charge in [0.1, 0.15) is 0 Å². The van der Waals surface area contributed by atoms with E-state index in [2.05, 4.69) is 4.72 Å². The summed E-state index contributed by atoms with van der Waals surface area (Å²) >= 11 is 0. The molecule has 0 saturated heterocycles. The van der Waals surface area contributed by atoms with Crippen LogP contribution in [0.15, 0.2) is 0 Å². The van der Waals surface area contributed by atoms with E-state index in [9.17, 15) is 8.42 Å². The Morgan fingerprint density at radius 2 is 1.88 bits per heavy atom. The molecule has 0 aromatic carbocycles. The summed E-state index contributed by atoms with van der Waals surface area (Å²) in [5.41, 5.74) is 0. The molecule has 2 N–H and O–H groups in total. The van der Waals surface area contributed by atoms with Crippen molar-refractivity contribution < 1.29 is 13.5 Å². The van der Waals surface area contributed by atoms with Crippen molar-refractivity contribution in [1.29, 1.82) is 0 Å². The molecule has 1 saturated carbocycles. The second kappa shape index (κ2) is 6.68. The SMILES string of the molecule is CCCN(C)S(=O)(=O)NC1CCC(CO)CC1. The minimum atomic E-state index is -3.33. The van der Waals surface area contributed by atoms with Gasteiger partial charge in [0.2, 0.25) is 0 Å². The van der Waals surface area contributed by atoms with Crippen molar-refractivity contribution in [3.63, 3.8) is 0 Å². The van der Waals surface area contributed by atoms with Crippen LogP contribution in [0.25, 0.3) is 0 Å². The highest BCUT2D eigenvalue weighted by Crippen LogP contribution is 2.24. The molecule has 6 heteroatoms. The van der Waals surface area contributed by atoms with E-state index in [4.69, 9.17) is 5.11 Å². The molecule has 1 fully saturated rings. The second-order valence-corrected chi connectivity index (χ2v) is 6.65. The molecule has 5 nitrogen and oxygen atoms in total. The standard InChI is InChI=1S/C11H24N2O3S/c1-3-8-13(2)17(15,16)12-11-6-4-10(9-14)5-7-11/h10-12,14H,3-9H2,1-2H3. The van der Waals surface area contributed by atoms with E-state index >= 15 is 0 Å². The fraction of sp³-hybridized carbons (Fsp3) is 1.00. The van der Waals surface area contributed by atoms with Crippen molar-refractivity contribution >= 4 is 10.2 Å². The highest BCUT2D eigenvalue weighted by molar-refractivity contribution is 7.87. The van der Waals surface area contributed by atoms with Crippen molar-refractivity contribution in [1.82, 2.24) is 9.03 Å². The Morgan fingerprint density at radius 3 is 2.35 bits per heavy atom. The van der Waals surface area contributed by atoms with Crippen LogP contribution < -0.4 is 4.72 Å². The van der Waals surface area contributed by atoms with E-state index in [0.717, 1.165) is 32.1 Å². The highest BCUT2D eigenvalue weighted by Gasteiger charge is 2.26. The van der Waals surface area contributed by atoms with Gasteiger partial charge in [-0.15, -0.1) is 0 Å². The first kappa shape index (κ1) is 14.9. The lowest BCUT2D eigenvalue weighted by molar-refractivity contribution is 0.180. The predicted molar refractivity (Wildman–Crippen MR) is 67.8 cm³/mol. The number of aliphatic hydroxyl groups excluding tert-OH is 1. The van der Waals surface area contributed by atoms with Crippen LogP contribution in [0.1, 0.15) is 39.0 Å². The molecule has 0 spiro atoms. The first-order valence-corrected chi connectivity index (χ1v) is 7.78. The maximum absolute atomic E-state index is 11.9. The van der Waals surface area contributed by atoms with Crippen LogP contribution in [0.3, 0.4) is 0 Å². The zero-order valence-corrected chi connectivity index (χ0v) is 11.5. The minimum Gasteiger partial charge on any atom is -0.396 e. The number of nitrogens with zero attached hydrogens (tertiary/aromatic N) is 1. The zero-order chi connectivity index (χ0) is 12.9. The summed E-state index contributed by atoms with van der Waals surface area (Å²) < 4.78 is 27.9. The van der Waals surface area contributed by atoms with E-state index < -0.39 is 10.2 Å². The molecule has 1 aliphatic rings. The smallest absolute Gasteiger partial charge is 0.279 e. The topological polar surface area (TPSA) is 69.6 Å². The molecular weight excluding hydrogens is 240 g/mol.